The lowest BCUT2D eigenvalue weighted by Crippen LogP contribution is -2.15. The number of benzene rings is 1. The molecule has 0 aliphatic rings. The molecule has 0 radical (unpaired) electrons. The third-order valence-corrected chi connectivity index (χ3v) is 2.37. The van der Waals surface area contributed by atoms with Crippen molar-refractivity contribution in [3.63, 3.8) is 0 Å². The van der Waals surface area contributed by atoms with Crippen LogP contribution in [0.1, 0.15) is 5.56 Å². The average molecular weight is 229 g/mol. The molecule has 2 rings (SSSR count). The van der Waals surface area contributed by atoms with Gasteiger partial charge in [0.1, 0.15) is 0 Å². The summed E-state index contributed by atoms with van der Waals surface area (Å²) in [5.41, 5.74) is 1.21. The quantitative estimate of drug-likeness (QED) is 0.866. The molecule has 1 heterocycles. The minimum absolute atomic E-state index is 0.0462. The van der Waals surface area contributed by atoms with E-state index in [1.807, 2.05) is 0 Å². The molecule has 86 valence electrons. The van der Waals surface area contributed by atoms with Crippen LogP contribution in [-0.2, 0) is 11.2 Å². The molecule has 0 unspecified atom stereocenters. The lowest BCUT2D eigenvalue weighted by Gasteiger charge is -2.06. The van der Waals surface area contributed by atoms with Crippen LogP contribution in [0.4, 0.5) is 0 Å². The summed E-state index contributed by atoms with van der Waals surface area (Å²) < 4.78 is 1.48. The molecule has 0 bridgehead atoms. The van der Waals surface area contributed by atoms with Crippen LogP contribution in [0.25, 0.3) is 5.69 Å². The fourth-order valence-electron chi connectivity index (χ4n) is 1.63. The predicted octanol–water partition coefficient (Wildman–Crippen LogP) is 1.46. The summed E-state index contributed by atoms with van der Waals surface area (Å²) in [6, 6.07) is 11.8. The van der Waals surface area contributed by atoms with Crippen LogP contribution in [0.3, 0.4) is 0 Å². The highest BCUT2D eigenvalue weighted by Crippen LogP contribution is 2.09. The molecule has 4 nitrogen and oxygen atoms in total. The number of carboxylic acid groups (broad SMARTS) is 1. The Morgan fingerprint density at radius 3 is 2.71 bits per heavy atom. The highest BCUT2D eigenvalue weighted by molar-refractivity contribution is 5.70. The van der Waals surface area contributed by atoms with Crippen molar-refractivity contribution in [2.24, 2.45) is 0 Å². The first-order valence-corrected chi connectivity index (χ1v) is 5.15. The van der Waals surface area contributed by atoms with E-state index >= 15 is 0 Å². The van der Waals surface area contributed by atoms with Crippen LogP contribution in [-0.4, -0.2) is 15.6 Å². The molecule has 4 heteroatoms. The zero-order valence-corrected chi connectivity index (χ0v) is 9.04. The Bertz CT molecular complexity index is 601. The Labute approximate surface area is 97.8 Å². The molecule has 1 aromatic heterocycles. The van der Waals surface area contributed by atoms with Gasteiger partial charge in [0, 0.05) is 18.0 Å². The molecule has 1 aromatic carbocycles. The summed E-state index contributed by atoms with van der Waals surface area (Å²) in [6.07, 6.45) is 1.61. The van der Waals surface area contributed by atoms with Crippen molar-refractivity contribution in [1.82, 2.24) is 4.57 Å². The Morgan fingerprint density at radius 2 is 2.00 bits per heavy atom. The van der Waals surface area contributed by atoms with Gasteiger partial charge < -0.3 is 5.11 Å². The van der Waals surface area contributed by atoms with E-state index in [0.29, 0.717) is 11.3 Å². The molecule has 17 heavy (non-hydrogen) atoms. The Balaban J connectivity index is 2.43. The van der Waals surface area contributed by atoms with E-state index in [9.17, 15) is 9.59 Å². The van der Waals surface area contributed by atoms with E-state index in [4.69, 9.17) is 5.11 Å². The summed E-state index contributed by atoms with van der Waals surface area (Å²) in [5.74, 6) is -0.887. The van der Waals surface area contributed by atoms with Crippen molar-refractivity contribution in [2.45, 2.75) is 6.42 Å². The number of hydrogen-bond donors (Lipinski definition) is 1. The summed E-state index contributed by atoms with van der Waals surface area (Å²) in [4.78, 5) is 22.2. The number of aliphatic carboxylic acids is 1. The van der Waals surface area contributed by atoms with Gasteiger partial charge in [0.05, 0.1) is 6.42 Å². The van der Waals surface area contributed by atoms with Crippen molar-refractivity contribution < 1.29 is 9.90 Å². The smallest absolute Gasteiger partial charge is 0.307 e. The van der Waals surface area contributed by atoms with Gasteiger partial charge >= 0.3 is 5.97 Å². The number of carbonyl (C=O) groups is 1. The fraction of sp³-hybridized carbons (Fsp3) is 0.0769. The zero-order valence-electron chi connectivity index (χ0n) is 9.04. The van der Waals surface area contributed by atoms with Crippen LogP contribution in [0.5, 0.6) is 0 Å². The maximum atomic E-state index is 11.6. The second-order valence-electron chi connectivity index (χ2n) is 3.65. The summed E-state index contributed by atoms with van der Waals surface area (Å²) >= 11 is 0. The maximum absolute atomic E-state index is 11.6. The molecule has 2 aromatic rings. The molecule has 0 saturated carbocycles. The van der Waals surface area contributed by atoms with Gasteiger partial charge in [-0.1, -0.05) is 18.2 Å². The molecule has 0 amide bonds. The molecule has 0 spiro atoms. The van der Waals surface area contributed by atoms with Crippen molar-refractivity contribution in [1.29, 1.82) is 0 Å². The fourth-order valence-corrected chi connectivity index (χ4v) is 1.63. The number of nitrogens with zero attached hydrogens (tertiary/aromatic N) is 1. The first-order valence-electron chi connectivity index (χ1n) is 5.15. The molecule has 0 aliphatic carbocycles. The van der Waals surface area contributed by atoms with Crippen molar-refractivity contribution in [3.05, 3.63) is 64.6 Å². The molecule has 1 N–H and O–H groups in total. The van der Waals surface area contributed by atoms with E-state index in [0.717, 1.165) is 0 Å². The minimum Gasteiger partial charge on any atom is -0.481 e. The normalized spacial score (nSPS) is 10.1. The van der Waals surface area contributed by atoms with Gasteiger partial charge in [-0.05, 0) is 23.8 Å². The van der Waals surface area contributed by atoms with Crippen LogP contribution in [0.2, 0.25) is 0 Å². The summed E-state index contributed by atoms with van der Waals surface area (Å²) in [6.45, 7) is 0. The van der Waals surface area contributed by atoms with Crippen molar-refractivity contribution >= 4 is 5.97 Å². The molecular formula is C13H11NO3. The standard InChI is InChI=1S/C13H11NO3/c15-12-6-1-2-7-14(12)11-5-3-4-10(8-11)9-13(16)17/h1-8H,9H2,(H,16,17). The van der Waals surface area contributed by atoms with E-state index in [-0.39, 0.29) is 12.0 Å². The van der Waals surface area contributed by atoms with Gasteiger partial charge in [0.25, 0.3) is 5.56 Å². The summed E-state index contributed by atoms with van der Waals surface area (Å²) in [5, 5.41) is 8.71. The maximum Gasteiger partial charge on any atom is 0.307 e. The van der Waals surface area contributed by atoms with Crippen molar-refractivity contribution in [2.75, 3.05) is 0 Å². The molecule has 0 aliphatic heterocycles. The zero-order chi connectivity index (χ0) is 12.3. The van der Waals surface area contributed by atoms with Gasteiger partial charge in [-0.15, -0.1) is 0 Å². The SMILES string of the molecule is O=C(O)Cc1cccc(-n2ccccc2=O)c1. The third-order valence-electron chi connectivity index (χ3n) is 2.37. The highest BCUT2D eigenvalue weighted by Gasteiger charge is 2.03. The number of pyridine rings is 1. The average Bonchev–Trinajstić information content (AvgIpc) is 2.29. The summed E-state index contributed by atoms with van der Waals surface area (Å²) in [7, 11) is 0. The second kappa shape index (κ2) is 4.65. The Kier molecular flexibility index (Phi) is 3.05. The first kappa shape index (κ1) is 11.1. The number of hydrogen-bond acceptors (Lipinski definition) is 2. The van der Waals surface area contributed by atoms with Gasteiger partial charge in [-0.25, -0.2) is 0 Å². The molecule has 0 fully saturated rings. The van der Waals surface area contributed by atoms with Crippen LogP contribution < -0.4 is 5.56 Å². The van der Waals surface area contributed by atoms with E-state index < -0.39 is 5.97 Å². The van der Waals surface area contributed by atoms with Crippen LogP contribution in [0, 0.1) is 0 Å². The lowest BCUT2D eigenvalue weighted by molar-refractivity contribution is -0.136. The van der Waals surface area contributed by atoms with Gasteiger partial charge in [-0.3, -0.25) is 14.2 Å². The second-order valence-corrected chi connectivity index (χ2v) is 3.65. The monoisotopic (exact) mass is 229 g/mol. The Morgan fingerprint density at radius 1 is 1.18 bits per heavy atom. The number of rotatable bonds is 3. The topological polar surface area (TPSA) is 59.3 Å². The largest absolute Gasteiger partial charge is 0.481 e. The van der Waals surface area contributed by atoms with E-state index in [1.54, 1.807) is 42.6 Å². The number of aromatic nitrogens is 1. The van der Waals surface area contributed by atoms with Gasteiger partial charge in [0.15, 0.2) is 0 Å². The minimum atomic E-state index is -0.887. The molecular weight excluding hydrogens is 218 g/mol. The third kappa shape index (κ3) is 2.60. The van der Waals surface area contributed by atoms with Gasteiger partial charge in [0.2, 0.25) is 0 Å². The molecule has 0 atom stereocenters. The Hall–Kier alpha value is -2.36. The molecule has 0 saturated heterocycles. The van der Waals surface area contributed by atoms with Crippen LogP contribution >= 0.6 is 0 Å². The van der Waals surface area contributed by atoms with Gasteiger partial charge in [-0.2, -0.15) is 0 Å². The predicted molar refractivity (Wildman–Crippen MR) is 63.4 cm³/mol. The van der Waals surface area contributed by atoms with E-state index in [2.05, 4.69) is 0 Å². The van der Waals surface area contributed by atoms with Crippen molar-refractivity contribution in [3.8, 4) is 5.69 Å². The highest BCUT2D eigenvalue weighted by atomic mass is 16.4. The van der Waals surface area contributed by atoms with Crippen LogP contribution in [0.15, 0.2) is 53.5 Å². The van der Waals surface area contributed by atoms with E-state index in [1.165, 1.54) is 10.6 Å². The number of carboxylic acids is 1. The first-order chi connectivity index (χ1) is 8.16. The lowest BCUT2D eigenvalue weighted by atomic mass is 10.1.